The van der Waals surface area contributed by atoms with Crippen molar-refractivity contribution in [2.24, 2.45) is 0 Å². The van der Waals surface area contributed by atoms with Gasteiger partial charge in [-0.2, -0.15) is 0 Å². The molecule has 1 aromatic heterocycles. The van der Waals surface area contributed by atoms with Crippen LogP contribution in [0.2, 0.25) is 5.02 Å². The van der Waals surface area contributed by atoms with E-state index in [0.29, 0.717) is 22.6 Å². The fraction of sp³-hybridized carbons (Fsp3) is 0.474. The minimum atomic E-state index is 0. The lowest BCUT2D eigenvalue weighted by Crippen LogP contribution is -2.47. The van der Waals surface area contributed by atoms with Gasteiger partial charge in [0, 0.05) is 23.2 Å². The normalized spacial score (nSPS) is 14.7. The number of rotatable bonds is 6. The molecule has 0 bridgehead atoms. The van der Waals surface area contributed by atoms with Crippen molar-refractivity contribution in [3.8, 4) is 11.5 Å². The third-order valence-electron chi connectivity index (χ3n) is 4.51. The van der Waals surface area contributed by atoms with Gasteiger partial charge in [0.1, 0.15) is 6.26 Å². The number of nitrogens with zero attached hydrogens (tertiary/aromatic N) is 2. The summed E-state index contributed by atoms with van der Waals surface area (Å²) in [5.41, 5.74) is 1.52. The van der Waals surface area contributed by atoms with Gasteiger partial charge < -0.3 is 14.6 Å². The number of hydrogen-bond acceptors (Lipinski definition) is 4. The molecule has 2 heterocycles. The van der Waals surface area contributed by atoms with E-state index in [9.17, 15) is 4.79 Å². The number of oxazole rings is 1. The number of carbonyl (C=O) groups excluding carboxylic acids is 1. The molecule has 0 radical (unpaired) electrons. The third-order valence-corrected chi connectivity index (χ3v) is 4.76. The van der Waals surface area contributed by atoms with E-state index in [1.807, 2.05) is 17.0 Å². The van der Waals surface area contributed by atoms with Crippen LogP contribution >= 0.6 is 24.0 Å². The van der Waals surface area contributed by atoms with Crippen LogP contribution in [0.5, 0.6) is 0 Å². The molecule has 1 aromatic carbocycles. The fourth-order valence-corrected chi connectivity index (χ4v) is 3.37. The third kappa shape index (κ3) is 5.22. The van der Waals surface area contributed by atoms with Crippen LogP contribution in [0.25, 0.3) is 11.5 Å². The Balaban J connectivity index is 0.00000243. The predicted octanol–water partition coefficient (Wildman–Crippen LogP) is 3.95. The quantitative estimate of drug-likeness (QED) is 0.801. The summed E-state index contributed by atoms with van der Waals surface area (Å²) in [6.45, 7) is 4.85. The summed E-state index contributed by atoms with van der Waals surface area (Å²) in [4.78, 5) is 19.3. The maximum atomic E-state index is 12.8. The van der Waals surface area contributed by atoms with E-state index in [2.05, 4.69) is 17.2 Å². The second kappa shape index (κ2) is 9.95. The summed E-state index contributed by atoms with van der Waals surface area (Å²) >= 11 is 5.91. The van der Waals surface area contributed by atoms with E-state index >= 15 is 0 Å². The number of nitrogens with one attached hydrogen (secondary N) is 1. The van der Waals surface area contributed by atoms with Crippen LogP contribution in [0, 0.1) is 0 Å². The standard InChI is InChI=1S/C19H24ClN3O2.ClH/c1-2-11-23(17-7-9-21-10-8-17)18(24)12-16-13-25-19(22-16)14-3-5-15(20)6-4-14;/h3-6,13,17,21H,2,7-12H2,1H3;1H. The molecule has 5 nitrogen and oxygen atoms in total. The van der Waals surface area contributed by atoms with Gasteiger partial charge >= 0.3 is 0 Å². The van der Waals surface area contributed by atoms with E-state index in [-0.39, 0.29) is 24.7 Å². The van der Waals surface area contributed by atoms with Crippen molar-refractivity contribution in [1.82, 2.24) is 15.2 Å². The molecule has 0 unspecified atom stereocenters. The summed E-state index contributed by atoms with van der Waals surface area (Å²) in [7, 11) is 0. The van der Waals surface area contributed by atoms with Gasteiger partial charge in [0.25, 0.3) is 0 Å². The molecular formula is C19H25Cl2N3O2. The maximum Gasteiger partial charge on any atom is 0.228 e. The Bertz CT molecular complexity index is 697. The Morgan fingerprint density at radius 1 is 1.31 bits per heavy atom. The molecule has 1 saturated heterocycles. The number of halogens is 2. The maximum absolute atomic E-state index is 12.8. The van der Waals surface area contributed by atoms with Gasteiger partial charge in [-0.1, -0.05) is 18.5 Å². The number of carbonyl (C=O) groups is 1. The van der Waals surface area contributed by atoms with Crippen LogP contribution in [0.1, 0.15) is 31.9 Å². The summed E-state index contributed by atoms with van der Waals surface area (Å²) < 4.78 is 5.54. The zero-order valence-electron chi connectivity index (χ0n) is 14.9. The van der Waals surface area contributed by atoms with Crippen molar-refractivity contribution in [1.29, 1.82) is 0 Å². The van der Waals surface area contributed by atoms with Gasteiger partial charge in [-0.15, -0.1) is 12.4 Å². The van der Waals surface area contributed by atoms with Crippen molar-refractivity contribution in [2.75, 3.05) is 19.6 Å². The van der Waals surface area contributed by atoms with Gasteiger partial charge in [-0.25, -0.2) is 4.98 Å². The number of piperidine rings is 1. The van der Waals surface area contributed by atoms with Crippen molar-refractivity contribution in [3.63, 3.8) is 0 Å². The molecule has 1 N–H and O–H groups in total. The summed E-state index contributed by atoms with van der Waals surface area (Å²) in [5, 5.41) is 4.02. The Labute approximate surface area is 165 Å². The largest absolute Gasteiger partial charge is 0.444 e. The lowest BCUT2D eigenvalue weighted by atomic mass is 10.0. The molecule has 1 amide bonds. The van der Waals surface area contributed by atoms with E-state index in [1.54, 1.807) is 18.4 Å². The second-order valence-electron chi connectivity index (χ2n) is 6.40. The zero-order chi connectivity index (χ0) is 17.6. The first kappa shape index (κ1) is 20.7. The Morgan fingerprint density at radius 2 is 2.00 bits per heavy atom. The molecule has 3 rings (SSSR count). The smallest absolute Gasteiger partial charge is 0.228 e. The molecule has 7 heteroatoms. The molecule has 1 aliphatic rings. The molecule has 0 saturated carbocycles. The van der Waals surface area contributed by atoms with Crippen molar-refractivity contribution >= 4 is 29.9 Å². The Morgan fingerprint density at radius 3 is 2.65 bits per heavy atom. The molecule has 0 aliphatic carbocycles. The summed E-state index contributed by atoms with van der Waals surface area (Å²) in [6, 6.07) is 7.64. The topological polar surface area (TPSA) is 58.4 Å². The number of benzene rings is 1. The van der Waals surface area contributed by atoms with Crippen LogP contribution in [0.3, 0.4) is 0 Å². The van der Waals surface area contributed by atoms with E-state index in [1.165, 1.54) is 0 Å². The number of amides is 1. The van der Waals surface area contributed by atoms with Gasteiger partial charge in [0.15, 0.2) is 0 Å². The van der Waals surface area contributed by atoms with Gasteiger partial charge in [0.05, 0.1) is 12.1 Å². The van der Waals surface area contributed by atoms with E-state index in [4.69, 9.17) is 16.0 Å². The summed E-state index contributed by atoms with van der Waals surface area (Å²) in [6.07, 6.45) is 4.85. The first-order valence-corrected chi connectivity index (χ1v) is 9.25. The monoisotopic (exact) mass is 397 g/mol. The molecule has 0 spiro atoms. The summed E-state index contributed by atoms with van der Waals surface area (Å²) in [5.74, 6) is 0.646. The molecule has 142 valence electrons. The Hall–Kier alpha value is -1.56. The minimum Gasteiger partial charge on any atom is -0.444 e. The number of hydrogen-bond donors (Lipinski definition) is 1. The number of aromatic nitrogens is 1. The first-order chi connectivity index (χ1) is 12.2. The lowest BCUT2D eigenvalue weighted by molar-refractivity contribution is -0.133. The molecule has 1 aliphatic heterocycles. The van der Waals surface area contributed by atoms with Crippen molar-refractivity contribution in [2.45, 2.75) is 38.6 Å². The zero-order valence-corrected chi connectivity index (χ0v) is 16.5. The highest BCUT2D eigenvalue weighted by Gasteiger charge is 2.25. The van der Waals surface area contributed by atoms with E-state index in [0.717, 1.165) is 44.5 Å². The second-order valence-corrected chi connectivity index (χ2v) is 6.83. The SMILES string of the molecule is CCCN(C(=O)Cc1coc(-c2ccc(Cl)cc2)n1)C1CCNCC1.Cl. The molecular weight excluding hydrogens is 373 g/mol. The average molecular weight is 398 g/mol. The molecule has 2 aromatic rings. The van der Waals surface area contributed by atoms with Crippen LogP contribution in [0.4, 0.5) is 0 Å². The highest BCUT2D eigenvalue weighted by Crippen LogP contribution is 2.22. The van der Waals surface area contributed by atoms with Crippen LogP contribution in [0.15, 0.2) is 34.9 Å². The first-order valence-electron chi connectivity index (χ1n) is 8.88. The van der Waals surface area contributed by atoms with Crippen LogP contribution < -0.4 is 5.32 Å². The Kier molecular flexibility index (Phi) is 7.94. The van der Waals surface area contributed by atoms with Crippen LogP contribution in [-0.2, 0) is 11.2 Å². The molecule has 26 heavy (non-hydrogen) atoms. The van der Waals surface area contributed by atoms with E-state index < -0.39 is 0 Å². The molecule has 1 fully saturated rings. The predicted molar refractivity (Wildman–Crippen MR) is 106 cm³/mol. The van der Waals surface area contributed by atoms with Gasteiger partial charge in [-0.05, 0) is 56.6 Å². The van der Waals surface area contributed by atoms with Crippen molar-refractivity contribution in [3.05, 3.63) is 41.2 Å². The van der Waals surface area contributed by atoms with Gasteiger partial charge in [0.2, 0.25) is 11.8 Å². The highest BCUT2D eigenvalue weighted by molar-refractivity contribution is 6.30. The average Bonchev–Trinajstić information content (AvgIpc) is 3.09. The fourth-order valence-electron chi connectivity index (χ4n) is 3.24. The van der Waals surface area contributed by atoms with Crippen molar-refractivity contribution < 1.29 is 9.21 Å². The molecule has 0 atom stereocenters. The van der Waals surface area contributed by atoms with Gasteiger partial charge in [-0.3, -0.25) is 4.79 Å². The highest BCUT2D eigenvalue weighted by atomic mass is 35.5. The van der Waals surface area contributed by atoms with Crippen LogP contribution in [-0.4, -0.2) is 41.5 Å². The lowest BCUT2D eigenvalue weighted by Gasteiger charge is -2.34. The minimum absolute atomic E-state index is 0.